The van der Waals surface area contributed by atoms with E-state index in [4.69, 9.17) is 10.5 Å². The van der Waals surface area contributed by atoms with Gasteiger partial charge in [0.1, 0.15) is 5.25 Å². The monoisotopic (exact) mass is 261 g/mol. The first kappa shape index (κ1) is 13.2. The number of anilines is 1. The highest BCUT2D eigenvalue weighted by Crippen LogP contribution is 2.30. The lowest BCUT2D eigenvalue weighted by Gasteiger charge is -2.11. The Labute approximate surface area is 103 Å². The number of ether oxygens (including phenoxy) is 1. The summed E-state index contributed by atoms with van der Waals surface area (Å²) in [6.07, 6.45) is 1.69. The number of aromatic nitrogens is 2. The Hall–Kier alpha value is -0.820. The van der Waals surface area contributed by atoms with Crippen LogP contribution in [-0.2, 0) is 9.53 Å². The van der Waals surface area contributed by atoms with Gasteiger partial charge in [-0.2, -0.15) is 0 Å². The number of carbonyl (C=O) groups excluding carboxylic acids is 1. The molecule has 0 saturated heterocycles. The quantitative estimate of drug-likeness (QED) is 0.623. The Morgan fingerprint density at radius 1 is 1.56 bits per heavy atom. The van der Waals surface area contributed by atoms with E-state index in [0.29, 0.717) is 16.1 Å². The third-order valence-electron chi connectivity index (χ3n) is 1.77. The Bertz CT molecular complexity index is 343. The number of hydrogen-bond acceptors (Lipinski definition) is 7. The van der Waals surface area contributed by atoms with E-state index in [9.17, 15) is 4.79 Å². The number of hydrogen-bond donors (Lipinski definition) is 1. The van der Waals surface area contributed by atoms with Crippen LogP contribution in [0.1, 0.15) is 26.7 Å². The summed E-state index contributed by atoms with van der Waals surface area (Å²) in [6, 6.07) is 0. The normalized spacial score (nSPS) is 12.4. The molecular weight excluding hydrogens is 246 g/mol. The van der Waals surface area contributed by atoms with E-state index >= 15 is 0 Å². The van der Waals surface area contributed by atoms with Gasteiger partial charge in [0.05, 0.1) is 6.61 Å². The first-order valence-corrected chi connectivity index (χ1v) is 6.79. The molecule has 1 rings (SSSR count). The molecule has 1 unspecified atom stereocenters. The zero-order valence-electron chi connectivity index (χ0n) is 9.30. The first-order chi connectivity index (χ1) is 7.67. The Morgan fingerprint density at radius 3 is 2.81 bits per heavy atom. The van der Waals surface area contributed by atoms with Gasteiger partial charge in [-0.3, -0.25) is 4.79 Å². The third-order valence-corrected chi connectivity index (χ3v) is 3.85. The van der Waals surface area contributed by atoms with Gasteiger partial charge in [-0.25, -0.2) is 0 Å². The number of nitrogens with zero attached hydrogens (tertiary/aromatic N) is 2. The average molecular weight is 261 g/mol. The molecule has 0 amide bonds. The first-order valence-electron chi connectivity index (χ1n) is 5.09. The zero-order valence-corrected chi connectivity index (χ0v) is 10.9. The van der Waals surface area contributed by atoms with Crippen LogP contribution in [0, 0.1) is 0 Å². The van der Waals surface area contributed by atoms with Gasteiger partial charge < -0.3 is 10.5 Å². The van der Waals surface area contributed by atoms with Crippen LogP contribution in [0.4, 0.5) is 5.13 Å². The summed E-state index contributed by atoms with van der Waals surface area (Å²) in [4.78, 5) is 11.6. The van der Waals surface area contributed by atoms with Gasteiger partial charge in [0.25, 0.3) is 0 Å². The van der Waals surface area contributed by atoms with Crippen molar-refractivity contribution in [2.75, 3.05) is 12.3 Å². The Kier molecular flexibility index (Phi) is 5.54. The van der Waals surface area contributed by atoms with Crippen molar-refractivity contribution < 1.29 is 9.53 Å². The minimum absolute atomic E-state index is 0.192. The molecule has 0 saturated carbocycles. The fourth-order valence-corrected chi connectivity index (χ4v) is 3.10. The molecular formula is C9H15N3O2S2. The summed E-state index contributed by atoms with van der Waals surface area (Å²) in [6.45, 7) is 4.23. The fourth-order valence-electron chi connectivity index (χ4n) is 1.11. The molecule has 0 aromatic carbocycles. The van der Waals surface area contributed by atoms with Crippen molar-refractivity contribution in [3.05, 3.63) is 0 Å². The van der Waals surface area contributed by atoms with E-state index in [-0.39, 0.29) is 11.2 Å². The highest BCUT2D eigenvalue weighted by atomic mass is 32.2. The van der Waals surface area contributed by atoms with Crippen LogP contribution in [0.2, 0.25) is 0 Å². The zero-order chi connectivity index (χ0) is 12.0. The fraction of sp³-hybridized carbons (Fsp3) is 0.667. The van der Waals surface area contributed by atoms with Crippen LogP contribution >= 0.6 is 23.1 Å². The molecule has 0 aliphatic carbocycles. The van der Waals surface area contributed by atoms with E-state index in [1.165, 1.54) is 23.1 Å². The van der Waals surface area contributed by atoms with Crippen LogP contribution in [-0.4, -0.2) is 28.0 Å². The number of nitrogen functional groups attached to an aromatic ring is 1. The molecule has 0 aliphatic heterocycles. The molecule has 1 aromatic rings. The predicted molar refractivity (Wildman–Crippen MR) is 65.5 cm³/mol. The molecule has 90 valence electrons. The van der Waals surface area contributed by atoms with Gasteiger partial charge in [-0.15, -0.1) is 10.2 Å². The van der Waals surface area contributed by atoms with Gasteiger partial charge in [0, 0.05) is 0 Å². The second-order valence-electron chi connectivity index (χ2n) is 3.05. The molecule has 2 N–H and O–H groups in total. The topological polar surface area (TPSA) is 78.1 Å². The number of nitrogens with two attached hydrogens (primary N) is 1. The van der Waals surface area contributed by atoms with E-state index in [1.807, 2.05) is 6.92 Å². The molecule has 0 aliphatic rings. The summed E-state index contributed by atoms with van der Waals surface area (Å²) in [7, 11) is 0. The number of esters is 1. The van der Waals surface area contributed by atoms with Crippen molar-refractivity contribution in [2.45, 2.75) is 36.3 Å². The molecule has 0 radical (unpaired) electrons. The summed E-state index contributed by atoms with van der Waals surface area (Å²) in [5, 5.41) is 7.79. The minimum Gasteiger partial charge on any atom is -0.465 e. The highest BCUT2D eigenvalue weighted by Gasteiger charge is 2.21. The third kappa shape index (κ3) is 3.97. The van der Waals surface area contributed by atoms with Crippen LogP contribution in [0.5, 0.6) is 0 Å². The number of carbonyl (C=O) groups is 1. The average Bonchev–Trinajstić information content (AvgIpc) is 2.64. The summed E-state index contributed by atoms with van der Waals surface area (Å²) in [5.74, 6) is -0.192. The van der Waals surface area contributed by atoms with E-state index < -0.39 is 0 Å². The molecule has 0 bridgehead atoms. The van der Waals surface area contributed by atoms with Gasteiger partial charge >= 0.3 is 5.97 Å². The summed E-state index contributed by atoms with van der Waals surface area (Å²) in [5.41, 5.74) is 5.48. The van der Waals surface area contributed by atoms with Crippen LogP contribution < -0.4 is 5.73 Å². The molecule has 0 fully saturated rings. The molecule has 5 nitrogen and oxygen atoms in total. The molecule has 16 heavy (non-hydrogen) atoms. The lowest BCUT2D eigenvalue weighted by molar-refractivity contribution is -0.142. The van der Waals surface area contributed by atoms with Crippen molar-refractivity contribution in [3.8, 4) is 0 Å². The van der Waals surface area contributed by atoms with Crippen molar-refractivity contribution in [3.63, 3.8) is 0 Å². The molecule has 1 heterocycles. The molecule has 0 spiro atoms. The summed E-state index contributed by atoms with van der Waals surface area (Å²) < 4.78 is 5.71. The second-order valence-corrected chi connectivity index (χ2v) is 5.51. The predicted octanol–water partition coefficient (Wildman–Crippen LogP) is 1.94. The largest absolute Gasteiger partial charge is 0.465 e. The maximum absolute atomic E-state index is 11.6. The van der Waals surface area contributed by atoms with Crippen molar-refractivity contribution in [1.29, 1.82) is 0 Å². The van der Waals surface area contributed by atoms with E-state index in [0.717, 1.165) is 12.8 Å². The Balaban J connectivity index is 2.60. The number of thioether (sulfide) groups is 1. The molecule has 1 aromatic heterocycles. The SMILES string of the molecule is CCCC(Sc1nnc(N)s1)C(=O)OCC. The maximum Gasteiger partial charge on any atom is 0.319 e. The van der Waals surface area contributed by atoms with Crippen molar-refractivity contribution >= 4 is 34.2 Å². The van der Waals surface area contributed by atoms with Gasteiger partial charge in [0.2, 0.25) is 5.13 Å². The van der Waals surface area contributed by atoms with E-state index in [1.54, 1.807) is 6.92 Å². The lowest BCUT2D eigenvalue weighted by atomic mass is 10.2. The van der Waals surface area contributed by atoms with Gasteiger partial charge in [0.15, 0.2) is 4.34 Å². The second kappa shape index (κ2) is 6.70. The number of rotatable bonds is 6. The van der Waals surface area contributed by atoms with Crippen molar-refractivity contribution in [2.24, 2.45) is 0 Å². The van der Waals surface area contributed by atoms with Crippen LogP contribution in [0.25, 0.3) is 0 Å². The minimum atomic E-state index is -0.211. The maximum atomic E-state index is 11.6. The van der Waals surface area contributed by atoms with Crippen molar-refractivity contribution in [1.82, 2.24) is 10.2 Å². The van der Waals surface area contributed by atoms with Crippen LogP contribution in [0.15, 0.2) is 4.34 Å². The van der Waals surface area contributed by atoms with E-state index in [2.05, 4.69) is 10.2 Å². The molecule has 1 atom stereocenters. The van der Waals surface area contributed by atoms with Gasteiger partial charge in [-0.05, 0) is 13.3 Å². The Morgan fingerprint density at radius 2 is 2.31 bits per heavy atom. The standard InChI is InChI=1S/C9H15N3O2S2/c1-3-5-6(7(13)14-4-2)15-9-12-11-8(10)16-9/h6H,3-5H2,1-2H3,(H2,10,11). The highest BCUT2D eigenvalue weighted by molar-refractivity contribution is 8.02. The lowest BCUT2D eigenvalue weighted by Crippen LogP contribution is -2.20. The summed E-state index contributed by atoms with van der Waals surface area (Å²) >= 11 is 2.66. The van der Waals surface area contributed by atoms with Gasteiger partial charge in [-0.1, -0.05) is 36.4 Å². The van der Waals surface area contributed by atoms with Crippen LogP contribution in [0.3, 0.4) is 0 Å². The smallest absolute Gasteiger partial charge is 0.319 e. The molecule has 7 heteroatoms.